The fourth-order valence-electron chi connectivity index (χ4n) is 3.19. The second-order valence-corrected chi connectivity index (χ2v) is 6.09. The van der Waals surface area contributed by atoms with Crippen LogP contribution < -0.4 is 12.4 Å². The zero-order valence-electron chi connectivity index (χ0n) is 13.4. The van der Waals surface area contributed by atoms with Crippen LogP contribution in [0.15, 0.2) is 46.9 Å². The van der Waals surface area contributed by atoms with E-state index in [0.29, 0.717) is 11.1 Å². The maximum Gasteiger partial charge on any atom is 0.361 e. The molecular weight excluding hydrogens is 340 g/mol. The Kier molecular flexibility index (Phi) is 4.55. The van der Waals surface area contributed by atoms with Crippen LogP contribution in [0.2, 0.25) is 0 Å². The van der Waals surface area contributed by atoms with Gasteiger partial charge >= 0.3 is 11.3 Å². The third-order valence-electron chi connectivity index (χ3n) is 4.35. The van der Waals surface area contributed by atoms with Crippen molar-refractivity contribution in [2.75, 3.05) is 0 Å². The van der Waals surface area contributed by atoms with Crippen LogP contribution in [0.4, 0.5) is 0 Å². The van der Waals surface area contributed by atoms with E-state index in [1.807, 2.05) is 12.1 Å². The van der Waals surface area contributed by atoms with Crippen LogP contribution in [-0.2, 0) is 6.42 Å². The van der Waals surface area contributed by atoms with Gasteiger partial charge in [0.1, 0.15) is 17.2 Å². The zero-order chi connectivity index (χ0) is 16.7. The Hall–Kier alpha value is -2.72. The third kappa shape index (κ3) is 3.26. The van der Waals surface area contributed by atoms with Crippen LogP contribution in [0, 0.1) is 0 Å². The van der Waals surface area contributed by atoms with E-state index < -0.39 is 0 Å². The fourth-order valence-corrected chi connectivity index (χ4v) is 3.19. The molecule has 0 saturated carbocycles. The van der Waals surface area contributed by atoms with Crippen molar-refractivity contribution >= 4 is 22.6 Å². The van der Waals surface area contributed by atoms with Gasteiger partial charge in [-0.1, -0.05) is 0 Å². The molecule has 0 radical (unpaired) electrons. The van der Waals surface area contributed by atoms with E-state index in [4.69, 9.17) is 4.42 Å². The molecular formula is C20H17ClO4. The predicted molar refractivity (Wildman–Crippen MR) is 92.9 cm³/mol. The van der Waals surface area contributed by atoms with Crippen molar-refractivity contribution in [2.45, 2.75) is 19.3 Å². The molecule has 0 atom stereocenters. The van der Waals surface area contributed by atoms with E-state index in [2.05, 4.69) is 0 Å². The largest absolute Gasteiger partial charge is 1.00 e. The number of allylic oxidation sites excluding steroid dienone is 1. The fraction of sp³-hybridized carbons (Fsp3) is 0.150. The lowest BCUT2D eigenvalue weighted by molar-refractivity contribution is -0.00000819. The second-order valence-electron chi connectivity index (χ2n) is 6.09. The summed E-state index contributed by atoms with van der Waals surface area (Å²) in [5, 5.41) is 30.1. The number of aromatic hydroxyl groups is 3. The summed E-state index contributed by atoms with van der Waals surface area (Å²) >= 11 is 0. The Morgan fingerprint density at radius 2 is 1.64 bits per heavy atom. The summed E-state index contributed by atoms with van der Waals surface area (Å²) in [7, 11) is 0. The maximum atomic E-state index is 10.0. The first kappa shape index (κ1) is 17.1. The SMILES string of the molecule is Oc1ccc(O)c(/C=C2/CCCc3cc4cc(O)ccc4[o+]c32)c1.[Cl-]. The molecule has 4 nitrogen and oxygen atoms in total. The molecule has 5 heteroatoms. The smallest absolute Gasteiger partial charge is 0.361 e. The Labute approximate surface area is 151 Å². The highest BCUT2D eigenvalue weighted by atomic mass is 35.5. The van der Waals surface area contributed by atoms with E-state index >= 15 is 0 Å². The molecule has 25 heavy (non-hydrogen) atoms. The van der Waals surface area contributed by atoms with E-state index in [1.165, 1.54) is 18.2 Å². The van der Waals surface area contributed by atoms with Gasteiger partial charge in [-0.05, 0) is 61.7 Å². The molecule has 1 aliphatic rings. The standard InChI is InChI=1S/C20H16O4.ClH/c21-16-4-6-18(23)14(10-16)8-12-2-1-3-13-9-15-11-17(22)5-7-19(15)24-20(12)13;/h4-11H,1-3H2,(H2-,21,22,23);1H/b12-8-;. The zero-order valence-corrected chi connectivity index (χ0v) is 14.1. The van der Waals surface area contributed by atoms with Crippen LogP contribution in [0.5, 0.6) is 17.2 Å². The highest BCUT2D eigenvalue weighted by Crippen LogP contribution is 2.37. The van der Waals surface area contributed by atoms with E-state index in [0.717, 1.165) is 41.5 Å². The van der Waals surface area contributed by atoms with Gasteiger partial charge in [0.2, 0.25) is 0 Å². The minimum absolute atomic E-state index is 0. The molecule has 0 aliphatic heterocycles. The first-order chi connectivity index (χ1) is 11.6. The summed E-state index contributed by atoms with van der Waals surface area (Å²) in [6.07, 6.45) is 4.60. The van der Waals surface area contributed by atoms with Gasteiger partial charge in [0.05, 0.1) is 16.5 Å². The molecule has 1 aliphatic carbocycles. The number of fused-ring (bicyclic) bond motifs is 2. The van der Waals surface area contributed by atoms with Crippen LogP contribution in [0.1, 0.15) is 29.7 Å². The lowest BCUT2D eigenvalue weighted by Crippen LogP contribution is -3.00. The van der Waals surface area contributed by atoms with Gasteiger partial charge < -0.3 is 27.7 Å². The lowest BCUT2D eigenvalue weighted by atomic mass is 9.90. The maximum absolute atomic E-state index is 10.0. The number of aryl methyl sites for hydroxylation is 1. The Balaban J connectivity index is 0.00000182. The van der Waals surface area contributed by atoms with Gasteiger partial charge in [-0.2, -0.15) is 0 Å². The number of phenolic OH excluding ortho intramolecular Hbond substituents is 3. The molecule has 0 fully saturated rings. The average molecular weight is 357 g/mol. The second kappa shape index (κ2) is 6.65. The van der Waals surface area contributed by atoms with Crippen molar-refractivity contribution in [1.82, 2.24) is 0 Å². The number of hydrogen-bond donors (Lipinski definition) is 3. The number of rotatable bonds is 1. The molecule has 4 rings (SSSR count). The Morgan fingerprint density at radius 3 is 2.48 bits per heavy atom. The lowest BCUT2D eigenvalue weighted by Gasteiger charge is -2.11. The molecule has 2 aromatic carbocycles. The van der Waals surface area contributed by atoms with Crippen molar-refractivity contribution in [3.8, 4) is 17.2 Å². The molecule has 0 bridgehead atoms. The van der Waals surface area contributed by atoms with Crippen molar-refractivity contribution < 1.29 is 32.1 Å². The summed E-state index contributed by atoms with van der Waals surface area (Å²) in [4.78, 5) is 0. The summed E-state index contributed by atoms with van der Waals surface area (Å²) in [6.45, 7) is 0. The van der Waals surface area contributed by atoms with Crippen molar-refractivity contribution in [1.29, 1.82) is 0 Å². The molecule has 3 N–H and O–H groups in total. The van der Waals surface area contributed by atoms with Gasteiger partial charge in [0.25, 0.3) is 0 Å². The van der Waals surface area contributed by atoms with Crippen LogP contribution in [-0.4, -0.2) is 15.3 Å². The first-order valence-corrected chi connectivity index (χ1v) is 7.92. The van der Waals surface area contributed by atoms with E-state index in [1.54, 1.807) is 18.2 Å². The van der Waals surface area contributed by atoms with E-state index in [-0.39, 0.29) is 29.7 Å². The quantitative estimate of drug-likeness (QED) is 0.458. The summed E-state index contributed by atoms with van der Waals surface area (Å²) in [5.74, 6) is 1.26. The number of hydrogen-bond acceptors (Lipinski definition) is 3. The Bertz CT molecular complexity index is 979. The molecule has 3 aromatic rings. The first-order valence-electron chi connectivity index (χ1n) is 7.92. The van der Waals surface area contributed by atoms with Gasteiger partial charge in [-0.25, -0.2) is 4.42 Å². The van der Waals surface area contributed by atoms with Crippen LogP contribution >= 0.6 is 0 Å². The average Bonchev–Trinajstić information content (AvgIpc) is 2.57. The highest BCUT2D eigenvalue weighted by molar-refractivity contribution is 5.87. The Morgan fingerprint density at radius 1 is 0.880 bits per heavy atom. The summed E-state index contributed by atoms with van der Waals surface area (Å²) in [6, 6.07) is 11.6. The minimum Gasteiger partial charge on any atom is -1.00 e. The van der Waals surface area contributed by atoms with Gasteiger partial charge in [-0.3, -0.25) is 0 Å². The predicted octanol–water partition coefficient (Wildman–Crippen LogP) is 1.71. The number of halogens is 1. The molecule has 0 spiro atoms. The molecule has 1 heterocycles. The number of phenols is 3. The van der Waals surface area contributed by atoms with E-state index in [9.17, 15) is 15.3 Å². The molecule has 0 unspecified atom stereocenters. The van der Waals surface area contributed by atoms with Crippen molar-refractivity contribution in [2.24, 2.45) is 0 Å². The van der Waals surface area contributed by atoms with Crippen LogP contribution in [0.25, 0.3) is 22.6 Å². The minimum atomic E-state index is 0. The van der Waals surface area contributed by atoms with Gasteiger partial charge in [0.15, 0.2) is 0 Å². The summed E-state index contributed by atoms with van der Waals surface area (Å²) in [5.41, 5.74) is 3.36. The van der Waals surface area contributed by atoms with Gasteiger partial charge in [0, 0.05) is 11.6 Å². The highest BCUT2D eigenvalue weighted by Gasteiger charge is 2.27. The molecule has 1 aromatic heterocycles. The van der Waals surface area contributed by atoms with Gasteiger partial charge in [-0.15, -0.1) is 0 Å². The number of benzene rings is 2. The topological polar surface area (TPSA) is 72.0 Å². The molecule has 0 saturated heterocycles. The van der Waals surface area contributed by atoms with Crippen molar-refractivity contribution in [3.05, 3.63) is 59.4 Å². The van der Waals surface area contributed by atoms with Crippen LogP contribution in [0.3, 0.4) is 0 Å². The molecule has 0 amide bonds. The normalized spacial score (nSPS) is 15.0. The summed E-state index contributed by atoms with van der Waals surface area (Å²) < 4.78 is 6.07. The molecule has 128 valence electrons. The monoisotopic (exact) mass is 356 g/mol. The third-order valence-corrected chi connectivity index (χ3v) is 4.35. The van der Waals surface area contributed by atoms with Crippen molar-refractivity contribution in [3.63, 3.8) is 0 Å².